The number of esters is 1. The van der Waals surface area contributed by atoms with Crippen molar-refractivity contribution in [2.75, 3.05) is 31.6 Å². The lowest BCUT2D eigenvalue weighted by atomic mass is 9.43. The highest BCUT2D eigenvalue weighted by molar-refractivity contribution is 5.93. The summed E-state index contributed by atoms with van der Waals surface area (Å²) in [7, 11) is 2.13. The molecule has 424 valence electrons. The van der Waals surface area contributed by atoms with E-state index < -0.39 is 40.7 Å². The van der Waals surface area contributed by atoms with Gasteiger partial charge in [-0.2, -0.15) is 0 Å². The molecule has 17 atom stereocenters. The van der Waals surface area contributed by atoms with Crippen molar-refractivity contribution in [1.29, 1.82) is 0 Å². The van der Waals surface area contributed by atoms with E-state index in [-0.39, 0.29) is 82.6 Å². The summed E-state index contributed by atoms with van der Waals surface area (Å²) in [5.74, 6) is 7.02. The van der Waals surface area contributed by atoms with Gasteiger partial charge in [0.2, 0.25) is 0 Å². The van der Waals surface area contributed by atoms with Crippen molar-refractivity contribution in [2.24, 2.45) is 69.5 Å². The topological polar surface area (TPSA) is 172 Å². The number of anilines is 1. The van der Waals surface area contributed by atoms with Crippen LogP contribution in [0.4, 0.5) is 10.5 Å². The number of nitrogens with one attached hydrogen (secondary N) is 1. The Balaban J connectivity index is 0.864. The monoisotopic (exact) mass is 1060 g/mol. The number of nitrogens with zero attached hydrogens (tertiary/aromatic N) is 1. The number of carbonyl (C=O) groups is 4. The van der Waals surface area contributed by atoms with E-state index in [0.717, 1.165) is 82.9 Å². The number of hydrogen-bond donors (Lipinski definition) is 4. The zero-order valence-corrected chi connectivity index (χ0v) is 48.4. The number of alkyl carbamates (subject to hydrolysis) is 1. The van der Waals surface area contributed by atoms with Gasteiger partial charge in [0.1, 0.15) is 17.3 Å². The van der Waals surface area contributed by atoms with E-state index in [1.54, 1.807) is 6.92 Å². The maximum atomic E-state index is 13.9. The molecule has 6 saturated carbocycles. The number of likely N-dealkylation sites (N-methyl/N-ethyl adjacent to an activating group) is 1. The van der Waals surface area contributed by atoms with Crippen LogP contribution in [0.15, 0.2) is 47.1 Å². The van der Waals surface area contributed by atoms with Crippen LogP contribution in [-0.4, -0.2) is 95.4 Å². The van der Waals surface area contributed by atoms with E-state index in [9.17, 15) is 34.5 Å². The second-order valence-corrected chi connectivity index (χ2v) is 27.4. The average molecular weight is 1060 g/mol. The van der Waals surface area contributed by atoms with E-state index >= 15 is 0 Å². The van der Waals surface area contributed by atoms with Crippen LogP contribution in [0.25, 0.3) is 0 Å². The standard InChI is InChI=1S/C65H94N2O10/c1-11-27-65(74)29-26-51-48-21-17-42-34-45(68)20-22-47(42)57(48)49(38-63(51,65)8)41-15-18-44(19-16-41)67(10)31-32-75-46-25-28-62(7)43(35-46)36-54(76-56(70)14-12-13-30-66-60(73)77-61(4,5)6)58-52-24-23-50(39(2)33-40(3)59(71)72)64(52,9)55(69)37-53(58)62/h15-16,18-19,34,39-40,43,46,48-55,58,69,74H,12-14,17,20-26,28-33,35-38H2,1-10H3,(H,66,73)(H,71,72)/t39-,40?,43+,46+,48+,49-,50-,51+,52+,53+,54-,55+,58+,62+,63+,64-,65+/m1/s1. The van der Waals surface area contributed by atoms with Crippen LogP contribution >= 0.6 is 0 Å². The third-order valence-electron chi connectivity index (χ3n) is 22.1. The molecule has 0 saturated heterocycles. The van der Waals surface area contributed by atoms with Crippen LogP contribution in [-0.2, 0) is 28.6 Å². The Labute approximate surface area is 460 Å². The summed E-state index contributed by atoms with van der Waals surface area (Å²) in [5, 5.41) is 37.2. The normalized spacial score (nSPS) is 37.9. The van der Waals surface area contributed by atoms with E-state index in [1.165, 1.54) is 22.3 Å². The second kappa shape index (κ2) is 22.4. The van der Waals surface area contributed by atoms with Gasteiger partial charge >= 0.3 is 18.0 Å². The van der Waals surface area contributed by atoms with Gasteiger partial charge in [-0.25, -0.2) is 4.79 Å². The molecule has 4 N–H and O–H groups in total. The Morgan fingerprint density at radius 3 is 2.39 bits per heavy atom. The van der Waals surface area contributed by atoms with Crippen molar-refractivity contribution in [3.63, 3.8) is 0 Å². The minimum absolute atomic E-state index is 0.0552. The number of aliphatic carboxylic acids is 1. The number of allylic oxidation sites excluding steroid dienone is 4. The first-order chi connectivity index (χ1) is 36.4. The summed E-state index contributed by atoms with van der Waals surface area (Å²) in [5.41, 5.74) is 4.15. The van der Waals surface area contributed by atoms with Gasteiger partial charge in [0.25, 0.3) is 0 Å². The van der Waals surface area contributed by atoms with Crippen LogP contribution in [0.1, 0.15) is 189 Å². The molecule has 12 heteroatoms. The highest BCUT2D eigenvalue weighted by atomic mass is 16.6. The van der Waals surface area contributed by atoms with Crippen LogP contribution in [0, 0.1) is 81.3 Å². The number of carboxylic acid groups (broad SMARTS) is 1. The minimum Gasteiger partial charge on any atom is -0.481 e. The number of carboxylic acids is 1. The Morgan fingerprint density at radius 1 is 0.922 bits per heavy atom. The maximum absolute atomic E-state index is 13.9. The molecule has 9 rings (SSSR count). The van der Waals surface area contributed by atoms with Crippen molar-refractivity contribution in [2.45, 2.75) is 213 Å². The summed E-state index contributed by atoms with van der Waals surface area (Å²) >= 11 is 0. The molecule has 0 heterocycles. The van der Waals surface area contributed by atoms with Crippen molar-refractivity contribution < 1.29 is 48.7 Å². The molecule has 0 aliphatic heterocycles. The van der Waals surface area contributed by atoms with Crippen LogP contribution < -0.4 is 10.2 Å². The number of aliphatic hydroxyl groups is 2. The summed E-state index contributed by atoms with van der Waals surface area (Å²) in [4.78, 5) is 53.0. The Bertz CT molecular complexity index is 2500. The molecule has 8 aliphatic rings. The number of ether oxygens (including phenoxy) is 3. The SMILES string of the molecule is CC#C[C@]1(O)CC[C@H]2[C@@H]3CCC4=CC(=O)CCC4=C3[C@@H](c3ccc(N(C)CCO[C@H]4CC[C@@]5(C)[C@@H](C4)C[C@@H](OC(=O)CCCCNC(=O)OC(C)(C)C)[C@@H]4[C@@H]5C[C@H](O)[C@]5(C)[C@@H]([C@H](C)CC(C)C(=O)O)CC[C@@H]45)cc3)C[C@@]21C. The molecule has 1 amide bonds. The number of unbranched alkanes of at least 4 members (excludes halogenated alkanes) is 1. The van der Waals surface area contributed by atoms with E-state index in [4.69, 9.17) is 14.2 Å². The van der Waals surface area contributed by atoms with Crippen LogP contribution in [0.2, 0.25) is 0 Å². The average Bonchev–Trinajstić information content (AvgIpc) is 4.05. The molecule has 0 aromatic heterocycles. The first kappa shape index (κ1) is 57.5. The molecule has 77 heavy (non-hydrogen) atoms. The third kappa shape index (κ3) is 11.1. The first-order valence-electron chi connectivity index (χ1n) is 30.0. The van der Waals surface area contributed by atoms with Gasteiger partial charge in [0, 0.05) is 55.9 Å². The Morgan fingerprint density at radius 2 is 1.68 bits per heavy atom. The lowest BCUT2D eigenvalue weighted by Crippen LogP contribution is -2.63. The first-order valence-corrected chi connectivity index (χ1v) is 30.0. The van der Waals surface area contributed by atoms with Gasteiger partial charge in [-0.1, -0.05) is 58.2 Å². The number of fused-ring (bicyclic) bond motifs is 9. The number of rotatable bonds is 16. The molecule has 8 aliphatic carbocycles. The number of amides is 1. The molecule has 12 nitrogen and oxygen atoms in total. The van der Waals surface area contributed by atoms with E-state index in [1.807, 2.05) is 33.8 Å². The molecule has 1 aromatic rings. The molecule has 1 aromatic carbocycles. The van der Waals surface area contributed by atoms with Gasteiger partial charge in [-0.15, -0.1) is 5.92 Å². The summed E-state index contributed by atoms with van der Waals surface area (Å²) in [6.07, 6.45) is 14.6. The quantitative estimate of drug-likeness (QED) is 0.0705. The Hall–Kier alpha value is -4.18. The lowest BCUT2D eigenvalue weighted by molar-refractivity contribution is -0.219. The summed E-state index contributed by atoms with van der Waals surface area (Å²) in [6.45, 7) is 20.0. The number of benzene rings is 1. The summed E-state index contributed by atoms with van der Waals surface area (Å²) < 4.78 is 18.9. The fourth-order valence-electron chi connectivity index (χ4n) is 18.1. The van der Waals surface area contributed by atoms with E-state index in [2.05, 4.69) is 81.1 Å². The zero-order valence-electron chi connectivity index (χ0n) is 48.4. The second-order valence-electron chi connectivity index (χ2n) is 27.4. The van der Waals surface area contributed by atoms with Gasteiger partial charge < -0.3 is 39.7 Å². The number of hydrogen-bond acceptors (Lipinski definition) is 10. The number of ketones is 1. The highest BCUT2D eigenvalue weighted by Crippen LogP contribution is 2.70. The molecule has 6 fully saturated rings. The fourth-order valence-corrected chi connectivity index (χ4v) is 18.1. The molecular weight excluding hydrogens is 969 g/mol. The minimum atomic E-state index is -1.01. The molecule has 0 radical (unpaired) electrons. The smallest absolute Gasteiger partial charge is 0.407 e. The van der Waals surface area contributed by atoms with Crippen LogP contribution in [0.5, 0.6) is 0 Å². The molecular formula is C65H94N2O10. The largest absolute Gasteiger partial charge is 0.481 e. The van der Waals surface area contributed by atoms with Crippen molar-refractivity contribution in [3.8, 4) is 11.8 Å². The summed E-state index contributed by atoms with van der Waals surface area (Å²) in [6, 6.07) is 9.06. The molecule has 1 unspecified atom stereocenters. The predicted octanol–water partition coefficient (Wildman–Crippen LogP) is 11.8. The molecule has 0 spiro atoms. The van der Waals surface area contributed by atoms with Gasteiger partial charge in [0.05, 0.1) is 24.7 Å². The maximum Gasteiger partial charge on any atom is 0.407 e. The van der Waals surface area contributed by atoms with Crippen LogP contribution in [0.3, 0.4) is 0 Å². The zero-order chi connectivity index (χ0) is 55.4. The van der Waals surface area contributed by atoms with Crippen molar-refractivity contribution in [3.05, 3.63) is 52.6 Å². The van der Waals surface area contributed by atoms with Gasteiger partial charge in [0.15, 0.2) is 5.78 Å². The van der Waals surface area contributed by atoms with Crippen molar-refractivity contribution in [1.82, 2.24) is 5.32 Å². The predicted molar refractivity (Wildman–Crippen MR) is 299 cm³/mol. The number of aliphatic hydroxyl groups excluding tert-OH is 1. The third-order valence-corrected chi connectivity index (χ3v) is 22.1. The highest BCUT2D eigenvalue weighted by Gasteiger charge is 2.67. The Kier molecular flexibility index (Phi) is 16.7. The van der Waals surface area contributed by atoms with E-state index in [0.29, 0.717) is 63.5 Å². The van der Waals surface area contributed by atoms with Gasteiger partial charge in [-0.05, 0) is 218 Å². The number of carbonyl (C=O) groups excluding carboxylic acids is 3. The fraction of sp³-hybridized carbons (Fsp3) is 0.754. The molecule has 0 bridgehead atoms. The lowest BCUT2D eigenvalue weighted by Gasteiger charge is -2.64. The van der Waals surface area contributed by atoms with Crippen molar-refractivity contribution >= 4 is 29.5 Å². The van der Waals surface area contributed by atoms with Gasteiger partial charge in [-0.3, -0.25) is 14.4 Å².